The van der Waals surface area contributed by atoms with Crippen LogP contribution in [0.25, 0.3) is 10.7 Å². The van der Waals surface area contributed by atoms with Crippen LogP contribution in [0, 0.1) is 10.1 Å². The molecule has 0 saturated carbocycles. The van der Waals surface area contributed by atoms with E-state index in [1.165, 1.54) is 34.3 Å². The van der Waals surface area contributed by atoms with Crippen LogP contribution in [-0.4, -0.2) is 24.8 Å². The Morgan fingerprint density at radius 1 is 1.33 bits per heavy atom. The number of nitrogen functional groups attached to an aromatic ring is 1. The number of thiophene rings is 1. The summed E-state index contributed by atoms with van der Waals surface area (Å²) < 4.78 is 1.30. The van der Waals surface area contributed by atoms with Gasteiger partial charge in [-0.3, -0.25) is 10.1 Å². The smallest absolute Gasteiger partial charge is 0.301 e. The van der Waals surface area contributed by atoms with E-state index >= 15 is 0 Å². The van der Waals surface area contributed by atoms with Gasteiger partial charge in [-0.05, 0) is 29.3 Å². The molecule has 3 heterocycles. The summed E-state index contributed by atoms with van der Waals surface area (Å²) in [6, 6.07) is 6.64. The van der Waals surface area contributed by atoms with E-state index in [1.807, 2.05) is 17.5 Å². The minimum Gasteiger partial charge on any atom is -0.335 e. The molecule has 0 atom stereocenters. The lowest BCUT2D eigenvalue weighted by Crippen LogP contribution is -2.11. The number of nitrogens with zero attached hydrogens (tertiary/aromatic N) is 5. The lowest BCUT2D eigenvalue weighted by molar-refractivity contribution is -0.388. The van der Waals surface area contributed by atoms with Crippen LogP contribution in [-0.2, 0) is 0 Å². The van der Waals surface area contributed by atoms with E-state index in [0.717, 1.165) is 16.6 Å². The normalized spacial score (nSPS) is 10.7. The van der Waals surface area contributed by atoms with E-state index in [1.54, 1.807) is 0 Å². The van der Waals surface area contributed by atoms with Gasteiger partial charge >= 0.3 is 5.69 Å². The Bertz CT molecular complexity index is 786. The van der Waals surface area contributed by atoms with Crippen molar-refractivity contribution < 1.29 is 4.92 Å². The second-order valence-electron chi connectivity index (χ2n) is 3.84. The zero-order chi connectivity index (χ0) is 14.8. The number of rotatable bonds is 4. The summed E-state index contributed by atoms with van der Waals surface area (Å²) in [6.45, 7) is 0. The van der Waals surface area contributed by atoms with Gasteiger partial charge in [-0.2, -0.15) is 0 Å². The average Bonchev–Trinajstić information content (AvgIpc) is 3.10. The Morgan fingerprint density at radius 3 is 2.90 bits per heavy atom. The molecule has 106 valence electrons. The van der Waals surface area contributed by atoms with Crippen molar-refractivity contribution in [3.8, 4) is 10.7 Å². The highest BCUT2D eigenvalue weighted by Crippen LogP contribution is 2.32. The summed E-state index contributed by atoms with van der Waals surface area (Å²) in [7, 11) is 0. The molecule has 0 aromatic carbocycles. The van der Waals surface area contributed by atoms with Crippen LogP contribution < -0.4 is 5.84 Å². The second-order valence-corrected chi connectivity index (χ2v) is 5.74. The molecular weight excluding hydrogens is 312 g/mol. The molecule has 0 spiro atoms. The maximum atomic E-state index is 11.0. The molecule has 2 N–H and O–H groups in total. The van der Waals surface area contributed by atoms with Gasteiger partial charge in [-0.25, -0.2) is 9.66 Å². The second kappa shape index (κ2) is 5.50. The SMILES string of the molecule is Nn1c(Sc2ncccc2[N+](=O)[O-])nnc1-c1cccs1. The molecule has 0 aliphatic heterocycles. The first kappa shape index (κ1) is 13.5. The van der Waals surface area contributed by atoms with Crippen molar-refractivity contribution in [1.29, 1.82) is 0 Å². The monoisotopic (exact) mass is 320 g/mol. The molecule has 0 bridgehead atoms. The summed E-state index contributed by atoms with van der Waals surface area (Å²) in [5.41, 5.74) is -0.0943. The molecule has 0 saturated heterocycles. The maximum Gasteiger partial charge on any atom is 0.301 e. The fourth-order valence-corrected chi connectivity index (χ4v) is 3.11. The number of nitrogens with two attached hydrogens (primary N) is 1. The van der Waals surface area contributed by atoms with Gasteiger partial charge in [0.2, 0.25) is 5.16 Å². The molecule has 8 nitrogen and oxygen atoms in total. The van der Waals surface area contributed by atoms with Gasteiger partial charge in [-0.15, -0.1) is 21.5 Å². The molecule has 0 radical (unpaired) electrons. The van der Waals surface area contributed by atoms with Gasteiger partial charge < -0.3 is 5.84 Å². The third-order valence-electron chi connectivity index (χ3n) is 2.54. The lowest BCUT2D eigenvalue weighted by Gasteiger charge is -2.02. The number of hydrogen-bond donors (Lipinski definition) is 1. The summed E-state index contributed by atoms with van der Waals surface area (Å²) in [5.74, 6) is 6.45. The van der Waals surface area contributed by atoms with E-state index in [-0.39, 0.29) is 10.7 Å². The van der Waals surface area contributed by atoms with Crippen molar-refractivity contribution in [2.45, 2.75) is 10.2 Å². The third-order valence-corrected chi connectivity index (χ3v) is 4.38. The van der Waals surface area contributed by atoms with Crippen molar-refractivity contribution in [3.63, 3.8) is 0 Å². The summed E-state index contributed by atoms with van der Waals surface area (Å²) in [4.78, 5) is 15.3. The lowest BCUT2D eigenvalue weighted by atomic mass is 10.4. The standard InChI is InChI=1S/C11H8N6O2S2/c12-16-9(8-4-2-6-20-8)14-15-11(16)21-10-7(17(18)19)3-1-5-13-10/h1-6H,12H2. The Balaban J connectivity index is 1.95. The molecule has 0 aliphatic rings. The van der Waals surface area contributed by atoms with E-state index < -0.39 is 4.92 Å². The highest BCUT2D eigenvalue weighted by atomic mass is 32.2. The molecule has 3 aromatic heterocycles. The molecule has 3 aromatic rings. The maximum absolute atomic E-state index is 11.0. The molecule has 0 fully saturated rings. The van der Waals surface area contributed by atoms with Crippen molar-refractivity contribution in [2.24, 2.45) is 0 Å². The predicted octanol–water partition coefficient (Wildman–Crippen LogP) is 2.17. The van der Waals surface area contributed by atoms with Gasteiger partial charge in [0.05, 0.1) is 9.80 Å². The van der Waals surface area contributed by atoms with Crippen molar-refractivity contribution in [2.75, 3.05) is 5.84 Å². The Kier molecular flexibility index (Phi) is 3.54. The minimum absolute atomic E-state index is 0.0943. The number of aromatic nitrogens is 4. The first-order chi connectivity index (χ1) is 10.2. The molecular formula is C11H8N6O2S2. The first-order valence-corrected chi connectivity index (χ1v) is 7.38. The number of nitro groups is 1. The van der Waals surface area contributed by atoms with Crippen LogP contribution in [0.4, 0.5) is 5.69 Å². The molecule has 10 heteroatoms. The minimum atomic E-state index is -0.493. The zero-order valence-corrected chi connectivity index (χ0v) is 12.0. The summed E-state index contributed by atoms with van der Waals surface area (Å²) >= 11 is 2.48. The van der Waals surface area contributed by atoms with Gasteiger partial charge in [-0.1, -0.05) is 6.07 Å². The quantitative estimate of drug-likeness (QED) is 0.445. The van der Waals surface area contributed by atoms with Gasteiger partial charge in [0, 0.05) is 12.3 Å². The largest absolute Gasteiger partial charge is 0.335 e. The summed E-state index contributed by atoms with van der Waals surface area (Å²) in [5, 5.41) is 21.4. The van der Waals surface area contributed by atoms with E-state index in [4.69, 9.17) is 5.84 Å². The van der Waals surface area contributed by atoms with Crippen molar-refractivity contribution in [3.05, 3.63) is 46.0 Å². The molecule has 21 heavy (non-hydrogen) atoms. The van der Waals surface area contributed by atoms with Gasteiger partial charge in [0.15, 0.2) is 10.9 Å². The number of pyridine rings is 1. The van der Waals surface area contributed by atoms with E-state index in [2.05, 4.69) is 15.2 Å². The average molecular weight is 320 g/mol. The van der Waals surface area contributed by atoms with Crippen molar-refractivity contribution in [1.82, 2.24) is 19.9 Å². The van der Waals surface area contributed by atoms with E-state index in [0.29, 0.717) is 11.0 Å². The van der Waals surface area contributed by atoms with Crippen LogP contribution >= 0.6 is 23.1 Å². The van der Waals surface area contributed by atoms with Crippen LogP contribution in [0.3, 0.4) is 0 Å². The van der Waals surface area contributed by atoms with Gasteiger partial charge in [0.25, 0.3) is 0 Å². The summed E-state index contributed by atoms with van der Waals surface area (Å²) in [6.07, 6.45) is 1.48. The highest BCUT2D eigenvalue weighted by Gasteiger charge is 2.20. The number of hydrogen-bond acceptors (Lipinski definition) is 8. The fourth-order valence-electron chi connectivity index (χ4n) is 1.61. The first-order valence-electron chi connectivity index (χ1n) is 5.68. The topological polar surface area (TPSA) is 113 Å². The molecule has 3 rings (SSSR count). The van der Waals surface area contributed by atoms with Crippen LogP contribution in [0.2, 0.25) is 0 Å². The Morgan fingerprint density at radius 2 is 2.19 bits per heavy atom. The Hall–Kier alpha value is -2.46. The molecule has 0 amide bonds. The van der Waals surface area contributed by atoms with Crippen LogP contribution in [0.15, 0.2) is 46.0 Å². The highest BCUT2D eigenvalue weighted by molar-refractivity contribution is 7.99. The zero-order valence-electron chi connectivity index (χ0n) is 10.4. The molecule has 0 unspecified atom stereocenters. The Labute approximate surface area is 126 Å². The van der Waals surface area contributed by atoms with Gasteiger partial charge in [0.1, 0.15) is 0 Å². The van der Waals surface area contributed by atoms with Crippen molar-refractivity contribution >= 4 is 28.8 Å². The van der Waals surface area contributed by atoms with Crippen LogP contribution in [0.5, 0.6) is 0 Å². The van der Waals surface area contributed by atoms with E-state index in [9.17, 15) is 10.1 Å². The van der Waals surface area contributed by atoms with Crippen LogP contribution in [0.1, 0.15) is 0 Å². The predicted molar refractivity (Wildman–Crippen MR) is 78.5 cm³/mol. The fraction of sp³-hybridized carbons (Fsp3) is 0. The molecule has 0 aliphatic carbocycles. The third kappa shape index (κ3) is 2.58.